The number of halogens is 2. The van der Waals surface area contributed by atoms with Crippen molar-refractivity contribution in [3.63, 3.8) is 0 Å². The number of carbonyl (C=O) groups is 2. The summed E-state index contributed by atoms with van der Waals surface area (Å²) in [6, 6.07) is 0.685. The number of rotatable bonds is 6. The van der Waals surface area contributed by atoms with Gasteiger partial charge in [-0.25, -0.2) is 18.4 Å². The number of hydrogen-bond acceptors (Lipinski definition) is 2. The van der Waals surface area contributed by atoms with Crippen LogP contribution in [0.4, 0.5) is 19.3 Å². The van der Waals surface area contributed by atoms with Gasteiger partial charge in [0.15, 0.2) is 0 Å². The lowest BCUT2D eigenvalue weighted by Gasteiger charge is -2.22. The lowest BCUT2D eigenvalue weighted by molar-refractivity contribution is 0.0691. The standard InChI is InChI=1S/C14H18F2N2O3/c1-3-5-18(6-4-2)14(21)17-12-7-9(13(19)20)10(15)8-11(12)16/h7-8H,3-6H2,1-2H3,(H,17,21)(H,19,20). The molecule has 0 aliphatic rings. The minimum atomic E-state index is -1.53. The number of urea groups is 1. The molecule has 21 heavy (non-hydrogen) atoms. The predicted octanol–water partition coefficient (Wildman–Crippen LogP) is 3.32. The Labute approximate surface area is 121 Å². The molecule has 0 aromatic heterocycles. The fourth-order valence-electron chi connectivity index (χ4n) is 1.86. The molecule has 0 heterocycles. The molecule has 5 nitrogen and oxygen atoms in total. The van der Waals surface area contributed by atoms with Gasteiger partial charge in [0.1, 0.15) is 11.6 Å². The third kappa shape index (κ3) is 4.40. The van der Waals surface area contributed by atoms with E-state index in [2.05, 4.69) is 5.32 Å². The third-order valence-electron chi connectivity index (χ3n) is 2.80. The summed E-state index contributed by atoms with van der Waals surface area (Å²) in [6.07, 6.45) is 1.47. The summed E-state index contributed by atoms with van der Waals surface area (Å²) < 4.78 is 26.9. The van der Waals surface area contributed by atoms with E-state index in [9.17, 15) is 18.4 Å². The molecule has 0 fully saturated rings. The van der Waals surface area contributed by atoms with Crippen molar-refractivity contribution in [3.05, 3.63) is 29.3 Å². The molecule has 0 radical (unpaired) electrons. The fraction of sp³-hybridized carbons (Fsp3) is 0.429. The Morgan fingerprint density at radius 1 is 1.14 bits per heavy atom. The van der Waals surface area contributed by atoms with Crippen LogP contribution in [0.2, 0.25) is 0 Å². The summed E-state index contributed by atoms with van der Waals surface area (Å²) in [5.41, 5.74) is -1.04. The van der Waals surface area contributed by atoms with Crippen LogP contribution >= 0.6 is 0 Å². The summed E-state index contributed by atoms with van der Waals surface area (Å²) in [6.45, 7) is 4.79. The number of benzene rings is 1. The SMILES string of the molecule is CCCN(CCC)C(=O)Nc1cc(C(=O)O)c(F)cc1F. The Kier molecular flexibility index (Phi) is 6.08. The molecule has 0 bridgehead atoms. The van der Waals surface area contributed by atoms with Crippen LogP contribution in [0.5, 0.6) is 0 Å². The van der Waals surface area contributed by atoms with E-state index < -0.39 is 29.2 Å². The number of carboxylic acids is 1. The highest BCUT2D eigenvalue weighted by atomic mass is 19.1. The molecular weight excluding hydrogens is 282 g/mol. The zero-order valence-electron chi connectivity index (χ0n) is 11.9. The van der Waals surface area contributed by atoms with Gasteiger partial charge in [-0.05, 0) is 18.9 Å². The highest BCUT2D eigenvalue weighted by Gasteiger charge is 2.18. The van der Waals surface area contributed by atoms with Gasteiger partial charge in [0.05, 0.1) is 11.3 Å². The van der Waals surface area contributed by atoms with Crippen LogP contribution in [0.25, 0.3) is 0 Å². The van der Waals surface area contributed by atoms with E-state index in [-0.39, 0.29) is 5.69 Å². The lowest BCUT2D eigenvalue weighted by Crippen LogP contribution is -2.36. The second kappa shape index (κ2) is 7.56. The van der Waals surface area contributed by atoms with Crippen molar-refractivity contribution >= 4 is 17.7 Å². The molecule has 7 heteroatoms. The van der Waals surface area contributed by atoms with Crippen molar-refractivity contribution < 1.29 is 23.5 Å². The molecule has 1 aromatic carbocycles. The Bertz CT molecular complexity index is 529. The smallest absolute Gasteiger partial charge is 0.338 e. The van der Waals surface area contributed by atoms with Crippen molar-refractivity contribution in [3.8, 4) is 0 Å². The average Bonchev–Trinajstić information content (AvgIpc) is 2.41. The molecule has 0 spiro atoms. The number of nitrogens with one attached hydrogen (secondary N) is 1. The zero-order valence-corrected chi connectivity index (χ0v) is 11.9. The molecule has 0 unspecified atom stereocenters. The first-order valence-electron chi connectivity index (χ1n) is 6.68. The van der Waals surface area contributed by atoms with Crippen LogP contribution < -0.4 is 5.32 Å². The quantitative estimate of drug-likeness (QED) is 0.846. The maximum absolute atomic E-state index is 13.6. The number of amides is 2. The summed E-state index contributed by atoms with van der Waals surface area (Å²) in [5, 5.41) is 11.1. The van der Waals surface area contributed by atoms with Crippen LogP contribution in [0.3, 0.4) is 0 Å². The van der Waals surface area contributed by atoms with E-state index in [4.69, 9.17) is 5.11 Å². The molecular formula is C14H18F2N2O3. The summed E-state index contributed by atoms with van der Waals surface area (Å²) in [4.78, 5) is 24.3. The predicted molar refractivity (Wildman–Crippen MR) is 74.5 cm³/mol. The Balaban J connectivity index is 2.98. The third-order valence-corrected chi connectivity index (χ3v) is 2.80. The number of hydrogen-bond donors (Lipinski definition) is 2. The molecule has 1 rings (SSSR count). The van der Waals surface area contributed by atoms with Gasteiger partial charge in [0.25, 0.3) is 0 Å². The molecule has 0 atom stereocenters. The van der Waals surface area contributed by atoms with Crippen molar-refractivity contribution in [2.75, 3.05) is 18.4 Å². The van der Waals surface area contributed by atoms with Crippen LogP contribution in [0, 0.1) is 11.6 Å². The second-order valence-corrected chi connectivity index (χ2v) is 4.53. The zero-order chi connectivity index (χ0) is 16.0. The van der Waals surface area contributed by atoms with Crippen LogP contribution in [0.1, 0.15) is 37.0 Å². The molecule has 0 saturated carbocycles. The number of anilines is 1. The highest BCUT2D eigenvalue weighted by Crippen LogP contribution is 2.20. The first-order valence-corrected chi connectivity index (χ1v) is 6.68. The van der Waals surface area contributed by atoms with Gasteiger partial charge in [-0.3, -0.25) is 0 Å². The Morgan fingerprint density at radius 2 is 1.71 bits per heavy atom. The van der Waals surface area contributed by atoms with Crippen molar-refractivity contribution in [1.29, 1.82) is 0 Å². The Morgan fingerprint density at radius 3 is 2.19 bits per heavy atom. The van der Waals surface area contributed by atoms with E-state index in [1.54, 1.807) is 0 Å². The normalized spacial score (nSPS) is 10.3. The fourth-order valence-corrected chi connectivity index (χ4v) is 1.86. The molecule has 2 amide bonds. The molecule has 0 aliphatic heterocycles. The first kappa shape index (κ1) is 16.9. The molecule has 116 valence electrons. The van der Waals surface area contributed by atoms with Gasteiger partial charge >= 0.3 is 12.0 Å². The molecule has 2 N–H and O–H groups in total. The number of carbonyl (C=O) groups excluding carboxylic acids is 1. The number of carboxylic acid groups (broad SMARTS) is 1. The summed E-state index contributed by atoms with van der Waals surface area (Å²) in [7, 11) is 0. The van der Waals surface area contributed by atoms with Crippen molar-refractivity contribution in [1.82, 2.24) is 4.90 Å². The maximum atomic E-state index is 13.6. The minimum absolute atomic E-state index is 0.351. The van der Waals surface area contributed by atoms with Crippen molar-refractivity contribution in [2.45, 2.75) is 26.7 Å². The van der Waals surface area contributed by atoms with Gasteiger partial charge in [-0.2, -0.15) is 0 Å². The van der Waals surface area contributed by atoms with E-state index >= 15 is 0 Å². The lowest BCUT2D eigenvalue weighted by atomic mass is 10.2. The maximum Gasteiger partial charge on any atom is 0.338 e. The van der Waals surface area contributed by atoms with E-state index in [1.807, 2.05) is 13.8 Å². The average molecular weight is 300 g/mol. The topological polar surface area (TPSA) is 69.6 Å². The minimum Gasteiger partial charge on any atom is -0.478 e. The van der Waals surface area contributed by atoms with E-state index in [0.717, 1.165) is 18.9 Å². The van der Waals surface area contributed by atoms with E-state index in [0.29, 0.717) is 19.2 Å². The van der Waals surface area contributed by atoms with Gasteiger partial charge in [0, 0.05) is 19.2 Å². The molecule has 0 saturated heterocycles. The number of nitrogens with zero attached hydrogens (tertiary/aromatic N) is 1. The summed E-state index contributed by atoms with van der Waals surface area (Å²) >= 11 is 0. The van der Waals surface area contributed by atoms with Gasteiger partial charge in [0.2, 0.25) is 0 Å². The summed E-state index contributed by atoms with van der Waals surface area (Å²) in [5.74, 6) is -3.72. The molecule has 0 aliphatic carbocycles. The van der Waals surface area contributed by atoms with E-state index in [1.165, 1.54) is 4.90 Å². The van der Waals surface area contributed by atoms with Crippen LogP contribution in [0.15, 0.2) is 12.1 Å². The highest BCUT2D eigenvalue weighted by molar-refractivity contribution is 5.93. The van der Waals surface area contributed by atoms with Gasteiger partial charge in [-0.15, -0.1) is 0 Å². The van der Waals surface area contributed by atoms with Crippen LogP contribution in [-0.4, -0.2) is 35.1 Å². The van der Waals surface area contributed by atoms with Gasteiger partial charge in [-0.1, -0.05) is 13.8 Å². The van der Waals surface area contributed by atoms with Crippen molar-refractivity contribution in [2.24, 2.45) is 0 Å². The first-order chi connectivity index (χ1) is 9.90. The monoisotopic (exact) mass is 300 g/mol. The Hall–Kier alpha value is -2.18. The molecule has 1 aromatic rings. The largest absolute Gasteiger partial charge is 0.478 e. The van der Waals surface area contributed by atoms with Gasteiger partial charge < -0.3 is 15.3 Å². The van der Waals surface area contributed by atoms with Crippen LogP contribution in [-0.2, 0) is 0 Å². The second-order valence-electron chi connectivity index (χ2n) is 4.53. The number of aromatic carboxylic acids is 1.